The number of amides is 2. The lowest BCUT2D eigenvalue weighted by molar-refractivity contribution is -0.115. The molecule has 0 saturated carbocycles. The second-order valence-electron chi connectivity index (χ2n) is 7.29. The van der Waals surface area contributed by atoms with Gasteiger partial charge in [0.15, 0.2) is 0 Å². The summed E-state index contributed by atoms with van der Waals surface area (Å²) in [6, 6.07) is 11.6. The van der Waals surface area contributed by atoms with Crippen LogP contribution in [0.5, 0.6) is 0 Å². The molecule has 36 heavy (non-hydrogen) atoms. The average molecular weight is 558 g/mol. The van der Waals surface area contributed by atoms with E-state index in [1.165, 1.54) is 65.5 Å². The zero-order chi connectivity index (χ0) is 26.1. The first-order valence-electron chi connectivity index (χ1n) is 9.93. The van der Waals surface area contributed by atoms with Gasteiger partial charge in [-0.2, -0.15) is 13.2 Å². The number of nitrogens with zero attached hydrogens (tertiary/aromatic N) is 2. The van der Waals surface area contributed by atoms with Gasteiger partial charge in [-0.15, -0.1) is 11.3 Å². The van der Waals surface area contributed by atoms with Crippen molar-refractivity contribution in [3.05, 3.63) is 75.6 Å². The molecule has 0 aliphatic rings. The molecular weight excluding hydrogens is 543 g/mol. The number of alkyl halides is 3. The third-order valence-electron chi connectivity index (χ3n) is 4.70. The lowest BCUT2D eigenvalue weighted by Gasteiger charge is -2.11. The van der Waals surface area contributed by atoms with E-state index in [0.29, 0.717) is 5.69 Å². The van der Waals surface area contributed by atoms with Crippen molar-refractivity contribution in [2.45, 2.75) is 10.4 Å². The molecule has 2 aromatic carbocycles. The van der Waals surface area contributed by atoms with Crippen molar-refractivity contribution in [3.8, 4) is 5.69 Å². The number of hydrogen-bond acceptors (Lipinski definition) is 7. The Morgan fingerprint density at radius 1 is 1.06 bits per heavy atom. The van der Waals surface area contributed by atoms with Crippen molar-refractivity contribution in [2.75, 3.05) is 17.2 Å². The van der Waals surface area contributed by atoms with E-state index in [1.807, 2.05) is 4.72 Å². The molecule has 4 rings (SSSR count). The number of fused-ring (bicyclic) bond motifs is 1. The highest BCUT2D eigenvalue weighted by Crippen LogP contribution is 2.25. The van der Waals surface area contributed by atoms with Gasteiger partial charge in [-0.3, -0.25) is 9.36 Å². The molecule has 2 aromatic heterocycles. The predicted molar refractivity (Wildman–Crippen MR) is 131 cm³/mol. The molecule has 0 unspecified atom stereocenters. The molecule has 2 heterocycles. The van der Waals surface area contributed by atoms with E-state index in [0.717, 1.165) is 11.3 Å². The Hall–Kier alpha value is -3.62. The Bertz CT molecular complexity index is 1600. The van der Waals surface area contributed by atoms with Crippen LogP contribution in [-0.2, 0) is 10.0 Å². The Labute approximate surface area is 210 Å². The van der Waals surface area contributed by atoms with Crippen LogP contribution in [0, 0.1) is 0 Å². The van der Waals surface area contributed by atoms with Crippen LogP contribution >= 0.6 is 22.9 Å². The smallest absolute Gasteiger partial charge is 0.376 e. The molecule has 0 radical (unpaired) electrons. The largest absolute Gasteiger partial charge is 0.405 e. The van der Waals surface area contributed by atoms with Gasteiger partial charge in [-0.05, 0) is 54.6 Å². The predicted octanol–water partition coefficient (Wildman–Crippen LogP) is 4.59. The summed E-state index contributed by atoms with van der Waals surface area (Å²) in [5, 5.41) is 4.80. The Balaban J connectivity index is 1.48. The Kier molecular flexibility index (Phi) is 6.93. The number of aromatic nitrogens is 2. The van der Waals surface area contributed by atoms with Gasteiger partial charge in [-0.1, -0.05) is 11.6 Å². The third kappa shape index (κ3) is 5.95. The zero-order valence-electron chi connectivity index (χ0n) is 17.8. The number of halogens is 4. The summed E-state index contributed by atoms with van der Waals surface area (Å²) in [5.41, 5.74) is 0.564. The van der Waals surface area contributed by atoms with Crippen molar-refractivity contribution < 1.29 is 26.4 Å². The molecule has 3 N–H and O–H groups in total. The maximum atomic E-state index is 12.9. The van der Waals surface area contributed by atoms with Crippen LogP contribution < -0.4 is 20.9 Å². The quantitative estimate of drug-likeness (QED) is 0.319. The SMILES string of the molecule is O=C(Nc1ccc(-n2cnc3cc(NCC(F)(F)F)ccc3c2=O)cc1)NS(=O)(=O)c1ccc(Cl)s1. The number of hydrogen-bond donors (Lipinski definition) is 3. The van der Waals surface area contributed by atoms with Crippen LogP contribution in [0.2, 0.25) is 4.34 Å². The molecule has 2 amide bonds. The molecule has 0 spiro atoms. The summed E-state index contributed by atoms with van der Waals surface area (Å²) >= 11 is 6.53. The van der Waals surface area contributed by atoms with Crippen molar-refractivity contribution >= 4 is 61.3 Å². The van der Waals surface area contributed by atoms with Gasteiger partial charge < -0.3 is 10.6 Å². The fourth-order valence-corrected chi connectivity index (χ4v) is 5.48. The van der Waals surface area contributed by atoms with Gasteiger partial charge in [0.2, 0.25) is 0 Å². The van der Waals surface area contributed by atoms with E-state index < -0.39 is 34.3 Å². The molecule has 0 atom stereocenters. The molecule has 0 saturated heterocycles. The fraction of sp³-hybridized carbons (Fsp3) is 0.0952. The normalized spacial score (nSPS) is 11.9. The molecule has 0 fully saturated rings. The fourth-order valence-electron chi connectivity index (χ4n) is 3.09. The van der Waals surface area contributed by atoms with Gasteiger partial charge in [0.25, 0.3) is 15.6 Å². The molecular formula is C21H15ClF3N5O4S2. The summed E-state index contributed by atoms with van der Waals surface area (Å²) in [7, 11) is -4.09. The summed E-state index contributed by atoms with van der Waals surface area (Å²) in [5.74, 6) is 0. The van der Waals surface area contributed by atoms with E-state index in [-0.39, 0.29) is 30.8 Å². The van der Waals surface area contributed by atoms with Gasteiger partial charge in [-0.25, -0.2) is 22.9 Å². The minimum absolute atomic E-state index is 0.121. The van der Waals surface area contributed by atoms with Crippen molar-refractivity contribution in [1.82, 2.24) is 14.3 Å². The number of nitrogens with one attached hydrogen (secondary N) is 3. The van der Waals surface area contributed by atoms with Crippen LogP contribution in [0.4, 0.5) is 29.3 Å². The monoisotopic (exact) mass is 557 g/mol. The van der Waals surface area contributed by atoms with Crippen LogP contribution in [0.25, 0.3) is 16.6 Å². The van der Waals surface area contributed by atoms with E-state index in [4.69, 9.17) is 11.6 Å². The van der Waals surface area contributed by atoms with Gasteiger partial charge in [0.1, 0.15) is 17.1 Å². The summed E-state index contributed by atoms with van der Waals surface area (Å²) in [6.07, 6.45) is -3.16. The molecule has 188 valence electrons. The highest BCUT2D eigenvalue weighted by atomic mass is 35.5. The molecule has 0 aliphatic heterocycles. The molecule has 15 heteroatoms. The van der Waals surface area contributed by atoms with Crippen LogP contribution in [-0.4, -0.2) is 36.7 Å². The number of anilines is 2. The zero-order valence-corrected chi connectivity index (χ0v) is 20.2. The standard InChI is InChI=1S/C21H15ClF3N5O4S2/c22-17-7-8-18(35-17)36(33,34)29-20(32)28-12-1-4-14(5-2-12)30-11-27-16-9-13(26-10-21(23,24)25)3-6-15(16)19(30)31/h1-9,11,26H,10H2,(H2,28,29,32). The van der Waals surface area contributed by atoms with Crippen LogP contribution in [0.15, 0.2) is 69.9 Å². The maximum absolute atomic E-state index is 12.9. The Morgan fingerprint density at radius 2 is 1.75 bits per heavy atom. The first-order valence-corrected chi connectivity index (χ1v) is 12.6. The van der Waals surface area contributed by atoms with Crippen LogP contribution in [0.1, 0.15) is 0 Å². The second-order valence-corrected chi connectivity index (χ2v) is 10.9. The number of sulfonamides is 1. The molecule has 0 bridgehead atoms. The lowest BCUT2D eigenvalue weighted by atomic mass is 10.2. The van der Waals surface area contributed by atoms with E-state index in [2.05, 4.69) is 15.6 Å². The first-order chi connectivity index (χ1) is 16.9. The van der Waals surface area contributed by atoms with E-state index in [9.17, 15) is 31.2 Å². The summed E-state index contributed by atoms with van der Waals surface area (Å²) in [6.45, 7) is -1.22. The lowest BCUT2D eigenvalue weighted by Crippen LogP contribution is -2.33. The van der Waals surface area contributed by atoms with Gasteiger partial charge in [0, 0.05) is 11.4 Å². The van der Waals surface area contributed by atoms with Crippen LogP contribution in [0.3, 0.4) is 0 Å². The molecule has 9 nitrogen and oxygen atoms in total. The van der Waals surface area contributed by atoms with Crippen molar-refractivity contribution in [3.63, 3.8) is 0 Å². The third-order valence-corrected chi connectivity index (χ3v) is 7.75. The number of rotatable bonds is 6. The average Bonchev–Trinajstić information content (AvgIpc) is 3.25. The highest BCUT2D eigenvalue weighted by Gasteiger charge is 2.26. The first kappa shape index (κ1) is 25.5. The van der Waals surface area contributed by atoms with Crippen molar-refractivity contribution in [1.29, 1.82) is 0 Å². The number of carbonyl (C=O) groups excluding carboxylic acids is 1. The highest BCUT2D eigenvalue weighted by molar-refractivity contribution is 7.92. The van der Waals surface area contributed by atoms with Gasteiger partial charge >= 0.3 is 12.2 Å². The minimum Gasteiger partial charge on any atom is -0.376 e. The molecule has 0 aliphatic carbocycles. The van der Waals surface area contributed by atoms with Gasteiger partial charge in [0.05, 0.1) is 20.9 Å². The van der Waals surface area contributed by atoms with E-state index >= 15 is 0 Å². The molecule has 4 aromatic rings. The number of carbonyl (C=O) groups is 1. The number of thiophene rings is 1. The summed E-state index contributed by atoms with van der Waals surface area (Å²) in [4.78, 5) is 29.2. The summed E-state index contributed by atoms with van der Waals surface area (Å²) < 4.78 is 64.9. The number of benzene rings is 2. The minimum atomic E-state index is -4.39. The maximum Gasteiger partial charge on any atom is 0.405 e. The Morgan fingerprint density at radius 3 is 2.39 bits per heavy atom. The topological polar surface area (TPSA) is 122 Å². The van der Waals surface area contributed by atoms with Crippen molar-refractivity contribution in [2.24, 2.45) is 0 Å². The van der Waals surface area contributed by atoms with E-state index in [1.54, 1.807) is 0 Å². The second kappa shape index (κ2) is 9.79. The number of urea groups is 1.